The highest BCUT2D eigenvalue weighted by Crippen LogP contribution is 2.24. The van der Waals surface area contributed by atoms with Crippen molar-refractivity contribution in [2.45, 2.75) is 0 Å². The Hall–Kier alpha value is -4.16. The third-order valence-electron chi connectivity index (χ3n) is 4.74. The van der Waals surface area contributed by atoms with Gasteiger partial charge < -0.3 is 4.42 Å². The molecule has 0 atom stereocenters. The van der Waals surface area contributed by atoms with Crippen molar-refractivity contribution in [3.05, 3.63) is 112 Å². The molecule has 2 heterocycles. The second-order valence-electron chi connectivity index (χ2n) is 6.72. The minimum atomic E-state index is -0.0984. The molecule has 0 amide bonds. The van der Waals surface area contributed by atoms with E-state index in [9.17, 15) is 4.79 Å². The highest BCUT2D eigenvalue weighted by Gasteiger charge is 2.09. The third-order valence-corrected chi connectivity index (χ3v) is 4.74. The van der Waals surface area contributed by atoms with Gasteiger partial charge in [0, 0.05) is 28.8 Å². The van der Waals surface area contributed by atoms with Crippen LogP contribution in [0, 0.1) is 11.8 Å². The van der Waals surface area contributed by atoms with E-state index in [4.69, 9.17) is 4.42 Å². The van der Waals surface area contributed by atoms with Gasteiger partial charge in [-0.3, -0.25) is 9.78 Å². The van der Waals surface area contributed by atoms with Gasteiger partial charge in [-0.15, -0.1) is 0 Å². The maximum atomic E-state index is 12.6. The molecule has 0 saturated carbocycles. The standard InChI is InChI=1S/C26H15NO2/c28-24-16-26(23-15-20-8-4-5-9-21(20)17-27-23)29-25-14-19(12-13-22(24)25)11-10-18-6-2-1-3-7-18/h1-9,12-17H. The largest absolute Gasteiger partial charge is 0.454 e. The molecule has 0 spiro atoms. The molecule has 0 aliphatic carbocycles. The Kier molecular flexibility index (Phi) is 4.16. The summed E-state index contributed by atoms with van der Waals surface area (Å²) in [7, 11) is 0. The van der Waals surface area contributed by atoms with E-state index in [0.29, 0.717) is 22.4 Å². The summed E-state index contributed by atoms with van der Waals surface area (Å²) in [6.07, 6.45) is 1.79. The second kappa shape index (κ2) is 7.10. The first-order valence-corrected chi connectivity index (χ1v) is 9.26. The highest BCUT2D eigenvalue weighted by molar-refractivity contribution is 5.85. The molecular formula is C26H15NO2. The van der Waals surface area contributed by atoms with Gasteiger partial charge in [-0.25, -0.2) is 0 Å². The average molecular weight is 373 g/mol. The van der Waals surface area contributed by atoms with Gasteiger partial charge in [-0.1, -0.05) is 54.3 Å². The normalized spacial score (nSPS) is 10.6. The summed E-state index contributed by atoms with van der Waals surface area (Å²) < 4.78 is 6.04. The van der Waals surface area contributed by atoms with Crippen LogP contribution < -0.4 is 5.43 Å². The van der Waals surface area contributed by atoms with Gasteiger partial charge in [-0.05, 0) is 41.8 Å². The van der Waals surface area contributed by atoms with Crippen LogP contribution >= 0.6 is 0 Å². The number of nitrogens with zero attached hydrogens (tertiary/aromatic N) is 1. The Bertz CT molecular complexity index is 1470. The van der Waals surface area contributed by atoms with Crippen LogP contribution in [-0.4, -0.2) is 4.98 Å². The molecule has 3 aromatic carbocycles. The Morgan fingerprint density at radius 1 is 0.724 bits per heavy atom. The minimum Gasteiger partial charge on any atom is -0.454 e. The number of fused-ring (bicyclic) bond motifs is 2. The zero-order valence-electron chi connectivity index (χ0n) is 15.4. The fourth-order valence-corrected chi connectivity index (χ4v) is 3.24. The maximum Gasteiger partial charge on any atom is 0.193 e. The molecule has 0 aliphatic heterocycles. The minimum absolute atomic E-state index is 0.0984. The molecule has 5 rings (SSSR count). The molecule has 5 aromatic rings. The topological polar surface area (TPSA) is 43.1 Å². The SMILES string of the molecule is O=c1cc(-c2cc3ccccc3cn2)oc2cc(C#Cc3ccccc3)ccc12. The van der Waals surface area contributed by atoms with Crippen molar-refractivity contribution < 1.29 is 4.42 Å². The van der Waals surface area contributed by atoms with Crippen LogP contribution in [0.2, 0.25) is 0 Å². The third kappa shape index (κ3) is 3.40. The van der Waals surface area contributed by atoms with Gasteiger partial charge >= 0.3 is 0 Å². The van der Waals surface area contributed by atoms with E-state index >= 15 is 0 Å². The molecule has 136 valence electrons. The smallest absolute Gasteiger partial charge is 0.193 e. The summed E-state index contributed by atoms with van der Waals surface area (Å²) in [5.74, 6) is 6.70. The van der Waals surface area contributed by atoms with E-state index in [1.165, 1.54) is 6.07 Å². The lowest BCUT2D eigenvalue weighted by Crippen LogP contribution is -2.01. The van der Waals surface area contributed by atoms with Gasteiger partial charge in [0.1, 0.15) is 11.3 Å². The molecular weight excluding hydrogens is 358 g/mol. The molecule has 2 aromatic heterocycles. The van der Waals surface area contributed by atoms with Crippen LogP contribution in [0.1, 0.15) is 11.1 Å². The van der Waals surface area contributed by atoms with Gasteiger partial charge in [-0.2, -0.15) is 0 Å². The molecule has 3 heteroatoms. The number of benzene rings is 3. The van der Waals surface area contributed by atoms with Crippen LogP contribution in [0.3, 0.4) is 0 Å². The van der Waals surface area contributed by atoms with Gasteiger partial charge in [0.15, 0.2) is 11.2 Å². The van der Waals surface area contributed by atoms with E-state index < -0.39 is 0 Å². The maximum absolute atomic E-state index is 12.6. The zero-order chi connectivity index (χ0) is 19.6. The van der Waals surface area contributed by atoms with Crippen LogP contribution in [0.5, 0.6) is 0 Å². The van der Waals surface area contributed by atoms with Crippen LogP contribution in [0.15, 0.2) is 100 Å². The molecule has 0 bridgehead atoms. The summed E-state index contributed by atoms with van der Waals surface area (Å²) in [4.78, 5) is 17.1. The quantitative estimate of drug-likeness (QED) is 0.369. The number of aromatic nitrogens is 1. The summed E-state index contributed by atoms with van der Waals surface area (Å²) in [6.45, 7) is 0. The second-order valence-corrected chi connectivity index (χ2v) is 6.72. The van der Waals surface area contributed by atoms with Crippen molar-refractivity contribution in [2.24, 2.45) is 0 Å². The monoisotopic (exact) mass is 373 g/mol. The van der Waals surface area contributed by atoms with Crippen molar-refractivity contribution in [2.75, 3.05) is 0 Å². The molecule has 0 aliphatic rings. The Morgan fingerprint density at radius 3 is 2.34 bits per heavy atom. The number of hydrogen-bond donors (Lipinski definition) is 0. The first-order valence-electron chi connectivity index (χ1n) is 9.26. The van der Waals surface area contributed by atoms with Crippen molar-refractivity contribution in [3.63, 3.8) is 0 Å². The fraction of sp³-hybridized carbons (Fsp3) is 0. The zero-order valence-corrected chi connectivity index (χ0v) is 15.4. The van der Waals surface area contributed by atoms with Crippen molar-refractivity contribution in [1.82, 2.24) is 4.98 Å². The van der Waals surface area contributed by atoms with Gasteiger partial charge in [0.25, 0.3) is 0 Å². The van der Waals surface area contributed by atoms with E-state index in [1.54, 1.807) is 18.3 Å². The summed E-state index contributed by atoms with van der Waals surface area (Å²) in [5, 5.41) is 2.61. The summed E-state index contributed by atoms with van der Waals surface area (Å²) >= 11 is 0. The Morgan fingerprint density at radius 2 is 1.48 bits per heavy atom. The fourth-order valence-electron chi connectivity index (χ4n) is 3.24. The summed E-state index contributed by atoms with van der Waals surface area (Å²) in [5.41, 5.74) is 2.75. The Labute approximate surface area is 167 Å². The van der Waals surface area contributed by atoms with E-state index in [0.717, 1.165) is 21.9 Å². The first kappa shape index (κ1) is 17.0. The average Bonchev–Trinajstić information content (AvgIpc) is 2.78. The molecule has 0 fully saturated rings. The molecule has 0 N–H and O–H groups in total. The highest BCUT2D eigenvalue weighted by atomic mass is 16.3. The van der Waals surface area contributed by atoms with Gasteiger partial charge in [0.2, 0.25) is 0 Å². The van der Waals surface area contributed by atoms with Gasteiger partial charge in [0.05, 0.1) is 5.39 Å². The van der Waals surface area contributed by atoms with Crippen molar-refractivity contribution in [1.29, 1.82) is 0 Å². The predicted octanol–water partition coefficient (Wildman–Crippen LogP) is 5.41. The lowest BCUT2D eigenvalue weighted by molar-refractivity contribution is 0.616. The lowest BCUT2D eigenvalue weighted by Gasteiger charge is -2.04. The molecule has 0 unspecified atom stereocenters. The van der Waals surface area contributed by atoms with Crippen LogP contribution in [0.25, 0.3) is 33.2 Å². The summed E-state index contributed by atoms with van der Waals surface area (Å²) in [6, 6.07) is 26.5. The predicted molar refractivity (Wildman–Crippen MR) is 116 cm³/mol. The van der Waals surface area contributed by atoms with Crippen LogP contribution in [0.4, 0.5) is 0 Å². The van der Waals surface area contributed by atoms with Crippen LogP contribution in [-0.2, 0) is 0 Å². The molecule has 0 radical (unpaired) electrons. The van der Waals surface area contributed by atoms with Crippen molar-refractivity contribution >= 4 is 21.7 Å². The lowest BCUT2D eigenvalue weighted by atomic mass is 10.1. The van der Waals surface area contributed by atoms with E-state index in [-0.39, 0.29) is 5.43 Å². The number of hydrogen-bond acceptors (Lipinski definition) is 3. The number of pyridine rings is 1. The molecule has 0 saturated heterocycles. The molecule has 3 nitrogen and oxygen atoms in total. The van der Waals surface area contributed by atoms with Crippen molar-refractivity contribution in [3.8, 4) is 23.3 Å². The van der Waals surface area contributed by atoms with E-state index in [1.807, 2.05) is 66.7 Å². The first-order chi connectivity index (χ1) is 14.3. The Balaban J connectivity index is 1.60. The number of rotatable bonds is 1. The molecule has 29 heavy (non-hydrogen) atoms. The van der Waals surface area contributed by atoms with E-state index in [2.05, 4.69) is 16.8 Å².